The number of nitrogen functional groups attached to an aromatic ring is 1. The number of carbonyl (C=O) groups is 2. The molecule has 2 aromatic rings. The van der Waals surface area contributed by atoms with E-state index in [4.69, 9.17) is 10.3 Å². The summed E-state index contributed by atoms with van der Waals surface area (Å²) >= 11 is 0. The smallest absolute Gasteiger partial charge is 0.279 e. The van der Waals surface area contributed by atoms with Crippen molar-refractivity contribution in [3.63, 3.8) is 0 Å². The Kier molecular flexibility index (Phi) is 7.82. The highest BCUT2D eigenvalue weighted by Crippen LogP contribution is 2.19. The molecule has 0 fully saturated rings. The van der Waals surface area contributed by atoms with E-state index in [0.717, 1.165) is 0 Å². The number of benzene rings is 2. The van der Waals surface area contributed by atoms with E-state index in [9.17, 15) is 23.1 Å². The van der Waals surface area contributed by atoms with Gasteiger partial charge in [0, 0.05) is 23.5 Å². The summed E-state index contributed by atoms with van der Waals surface area (Å²) in [7, 11) is -4.19. The van der Waals surface area contributed by atoms with Crippen LogP contribution in [-0.4, -0.2) is 42.2 Å². The fourth-order valence-corrected chi connectivity index (χ4v) is 2.66. The number of rotatable bonds is 8. The molecule has 31 heavy (non-hydrogen) atoms. The van der Waals surface area contributed by atoms with E-state index in [-0.39, 0.29) is 29.3 Å². The molecule has 2 amide bonds. The third-order valence-electron chi connectivity index (χ3n) is 3.72. The number of azo groups is 1. The van der Waals surface area contributed by atoms with Crippen molar-refractivity contribution in [2.24, 2.45) is 10.2 Å². The SMILES string of the molecule is CC(O)=C(N=Nc1cccc(C(=O)NCCS(=O)(=O)O)c1)C(=O)Nc1cccc(N)c1. The maximum atomic E-state index is 12.4. The quantitative estimate of drug-likeness (QED) is 0.135. The van der Waals surface area contributed by atoms with E-state index in [0.29, 0.717) is 11.4 Å². The summed E-state index contributed by atoms with van der Waals surface area (Å²) in [6.07, 6.45) is 0. The van der Waals surface area contributed by atoms with Gasteiger partial charge in [0.1, 0.15) is 5.76 Å². The first-order valence-corrected chi connectivity index (χ1v) is 10.5. The molecule has 2 rings (SSSR count). The van der Waals surface area contributed by atoms with E-state index in [1.165, 1.54) is 37.3 Å². The number of hydrogen-bond acceptors (Lipinski definition) is 8. The molecule has 12 heteroatoms. The van der Waals surface area contributed by atoms with Crippen molar-refractivity contribution < 1.29 is 27.7 Å². The highest BCUT2D eigenvalue weighted by Gasteiger charge is 2.14. The van der Waals surface area contributed by atoms with Crippen LogP contribution in [0.3, 0.4) is 0 Å². The van der Waals surface area contributed by atoms with Crippen molar-refractivity contribution in [3.8, 4) is 0 Å². The average Bonchev–Trinajstić information content (AvgIpc) is 2.67. The predicted octanol–water partition coefficient (Wildman–Crippen LogP) is 2.40. The van der Waals surface area contributed by atoms with Crippen LogP contribution in [-0.2, 0) is 14.9 Å². The molecule has 0 saturated carbocycles. The second-order valence-corrected chi connectivity index (χ2v) is 7.88. The van der Waals surface area contributed by atoms with E-state index in [1.54, 1.807) is 18.2 Å². The van der Waals surface area contributed by atoms with E-state index in [1.807, 2.05) is 0 Å². The molecule has 0 aliphatic heterocycles. The molecule has 0 radical (unpaired) electrons. The van der Waals surface area contributed by atoms with Gasteiger partial charge in [0.2, 0.25) is 0 Å². The third-order valence-corrected chi connectivity index (χ3v) is 4.44. The van der Waals surface area contributed by atoms with Crippen LogP contribution in [0.2, 0.25) is 0 Å². The Hall–Kier alpha value is -3.77. The number of carbonyl (C=O) groups excluding carboxylic acids is 2. The molecular weight excluding hydrogens is 426 g/mol. The van der Waals surface area contributed by atoms with Crippen molar-refractivity contribution in [2.45, 2.75) is 6.92 Å². The molecule has 0 atom stereocenters. The van der Waals surface area contributed by atoms with Gasteiger partial charge in [0.05, 0.1) is 11.4 Å². The van der Waals surface area contributed by atoms with Gasteiger partial charge in [0.25, 0.3) is 21.9 Å². The number of aliphatic hydroxyl groups excluding tert-OH is 1. The van der Waals surface area contributed by atoms with Crippen molar-refractivity contribution in [1.29, 1.82) is 0 Å². The first kappa shape index (κ1) is 23.5. The zero-order chi connectivity index (χ0) is 23.0. The lowest BCUT2D eigenvalue weighted by atomic mass is 10.2. The molecule has 0 spiro atoms. The van der Waals surface area contributed by atoms with Crippen LogP contribution in [0.5, 0.6) is 0 Å². The lowest BCUT2D eigenvalue weighted by molar-refractivity contribution is -0.113. The zero-order valence-corrected chi connectivity index (χ0v) is 17.3. The lowest BCUT2D eigenvalue weighted by Crippen LogP contribution is -2.28. The lowest BCUT2D eigenvalue weighted by Gasteiger charge is -2.07. The van der Waals surface area contributed by atoms with Gasteiger partial charge in [0.15, 0.2) is 5.70 Å². The van der Waals surface area contributed by atoms with E-state index < -0.39 is 27.7 Å². The third kappa shape index (κ3) is 7.87. The van der Waals surface area contributed by atoms with Gasteiger partial charge in [-0.3, -0.25) is 14.1 Å². The summed E-state index contributed by atoms with van der Waals surface area (Å²) in [6, 6.07) is 12.3. The number of hydrogen-bond donors (Lipinski definition) is 5. The van der Waals surface area contributed by atoms with Crippen LogP contribution in [0.1, 0.15) is 17.3 Å². The maximum absolute atomic E-state index is 12.4. The number of allylic oxidation sites excluding steroid dienone is 1. The molecule has 0 aromatic heterocycles. The largest absolute Gasteiger partial charge is 0.510 e. The van der Waals surface area contributed by atoms with Crippen LogP contribution in [0.15, 0.2) is 70.2 Å². The molecule has 0 aliphatic carbocycles. The Labute approximate surface area is 178 Å². The van der Waals surface area contributed by atoms with Crippen LogP contribution in [0.4, 0.5) is 17.1 Å². The van der Waals surface area contributed by atoms with E-state index >= 15 is 0 Å². The Bertz CT molecular complexity index is 1140. The molecule has 0 bridgehead atoms. The van der Waals surface area contributed by atoms with Gasteiger partial charge in [-0.2, -0.15) is 13.5 Å². The molecule has 11 nitrogen and oxygen atoms in total. The summed E-state index contributed by atoms with van der Waals surface area (Å²) in [5.74, 6) is -2.29. The first-order chi connectivity index (χ1) is 14.5. The summed E-state index contributed by atoms with van der Waals surface area (Å²) in [6.45, 7) is 0.997. The second-order valence-electron chi connectivity index (χ2n) is 6.31. The predicted molar refractivity (Wildman–Crippen MR) is 115 cm³/mol. The van der Waals surface area contributed by atoms with Crippen molar-refractivity contribution in [2.75, 3.05) is 23.3 Å². The van der Waals surface area contributed by atoms with Gasteiger partial charge in [-0.05, 0) is 43.3 Å². The minimum atomic E-state index is -4.19. The van der Waals surface area contributed by atoms with Crippen molar-refractivity contribution in [1.82, 2.24) is 5.32 Å². The molecule has 0 saturated heterocycles. The number of nitrogens with one attached hydrogen (secondary N) is 2. The molecular formula is C19H21N5O6S. The number of anilines is 2. The maximum Gasteiger partial charge on any atom is 0.279 e. The topological polar surface area (TPSA) is 184 Å². The molecule has 164 valence electrons. The zero-order valence-electron chi connectivity index (χ0n) is 16.4. The fraction of sp³-hybridized carbons (Fsp3) is 0.158. The molecule has 2 aromatic carbocycles. The summed E-state index contributed by atoms with van der Waals surface area (Å²) < 4.78 is 30.1. The number of nitrogens with zero attached hydrogens (tertiary/aromatic N) is 2. The molecule has 6 N–H and O–H groups in total. The Morgan fingerprint density at radius 3 is 2.48 bits per heavy atom. The van der Waals surface area contributed by atoms with Gasteiger partial charge < -0.3 is 21.5 Å². The van der Waals surface area contributed by atoms with Crippen LogP contribution in [0, 0.1) is 0 Å². The fourth-order valence-electron chi connectivity index (χ4n) is 2.30. The summed E-state index contributed by atoms with van der Waals surface area (Å²) in [5, 5.41) is 22.3. The van der Waals surface area contributed by atoms with Crippen LogP contribution in [0.25, 0.3) is 0 Å². The van der Waals surface area contributed by atoms with Crippen molar-refractivity contribution in [3.05, 3.63) is 65.6 Å². The number of amides is 2. The highest BCUT2D eigenvalue weighted by molar-refractivity contribution is 7.85. The monoisotopic (exact) mass is 447 g/mol. The Balaban J connectivity index is 2.11. The van der Waals surface area contributed by atoms with Gasteiger partial charge in [-0.1, -0.05) is 12.1 Å². The van der Waals surface area contributed by atoms with E-state index in [2.05, 4.69) is 20.9 Å². The van der Waals surface area contributed by atoms with Crippen LogP contribution < -0.4 is 16.4 Å². The normalized spacial score (nSPS) is 12.3. The molecule has 0 heterocycles. The molecule has 0 aliphatic rings. The molecule has 0 unspecified atom stereocenters. The van der Waals surface area contributed by atoms with Gasteiger partial charge >= 0.3 is 0 Å². The second kappa shape index (κ2) is 10.3. The Morgan fingerprint density at radius 1 is 1.13 bits per heavy atom. The van der Waals surface area contributed by atoms with Gasteiger partial charge in [-0.15, -0.1) is 5.11 Å². The minimum Gasteiger partial charge on any atom is -0.510 e. The van der Waals surface area contributed by atoms with Gasteiger partial charge in [-0.25, -0.2) is 0 Å². The minimum absolute atomic E-state index is 0.155. The highest BCUT2D eigenvalue weighted by atomic mass is 32.2. The standard InChI is InChI=1S/C19H21N5O6S/c1-12(25)17(19(27)22-15-6-3-5-14(20)11-15)24-23-16-7-2-4-13(10-16)18(26)21-8-9-31(28,29)30/h2-7,10-11,25H,8-9,20H2,1H3,(H,21,26)(H,22,27)(H,28,29,30). The average molecular weight is 447 g/mol. The number of aliphatic hydroxyl groups is 1. The van der Waals surface area contributed by atoms with Crippen LogP contribution >= 0.6 is 0 Å². The first-order valence-electron chi connectivity index (χ1n) is 8.87. The summed E-state index contributed by atoms with van der Waals surface area (Å²) in [4.78, 5) is 24.5. The summed E-state index contributed by atoms with van der Waals surface area (Å²) in [5.41, 5.74) is 6.53. The van der Waals surface area contributed by atoms with Crippen molar-refractivity contribution >= 4 is 39.0 Å². The Morgan fingerprint density at radius 2 is 1.84 bits per heavy atom. The number of nitrogens with two attached hydrogens (primary N) is 1.